The lowest BCUT2D eigenvalue weighted by molar-refractivity contribution is 0.0345. The topological polar surface area (TPSA) is 58.6 Å². The number of nitrogens with one attached hydrogen (secondary N) is 1. The van der Waals surface area contributed by atoms with E-state index in [0.717, 1.165) is 24.2 Å². The largest absolute Gasteiger partial charge is 0.379 e. The minimum Gasteiger partial charge on any atom is -0.379 e. The van der Waals surface area contributed by atoms with Gasteiger partial charge in [-0.3, -0.25) is 4.90 Å². The summed E-state index contributed by atoms with van der Waals surface area (Å²) in [6, 6.07) is 18.8. The van der Waals surface area contributed by atoms with Crippen LogP contribution < -0.4 is 4.72 Å². The normalized spacial score (nSPS) is 17.4. The highest BCUT2D eigenvalue weighted by atomic mass is 32.2. The Bertz CT molecular complexity index is 801. The summed E-state index contributed by atoms with van der Waals surface area (Å²) in [4.78, 5) is 2.23. The van der Waals surface area contributed by atoms with Crippen molar-refractivity contribution in [3.63, 3.8) is 0 Å². The predicted molar refractivity (Wildman–Crippen MR) is 104 cm³/mol. The maximum Gasteiger partial charge on any atom is 0.234 e. The molecule has 26 heavy (non-hydrogen) atoms. The molecule has 3 rings (SSSR count). The fraction of sp³-hybridized carbons (Fsp3) is 0.300. The minimum atomic E-state index is -3.57. The van der Waals surface area contributed by atoms with Gasteiger partial charge in [-0.15, -0.1) is 0 Å². The molecule has 0 saturated carbocycles. The fourth-order valence-corrected chi connectivity index (χ4v) is 3.93. The Hall–Kier alpha value is -1.99. The molecule has 1 fully saturated rings. The first-order valence-corrected chi connectivity index (χ1v) is 10.3. The van der Waals surface area contributed by atoms with Crippen molar-refractivity contribution in [2.75, 3.05) is 32.8 Å². The van der Waals surface area contributed by atoms with Crippen molar-refractivity contribution in [1.29, 1.82) is 0 Å². The lowest BCUT2D eigenvalue weighted by Crippen LogP contribution is -2.42. The number of nitrogens with zero attached hydrogens (tertiary/aromatic N) is 1. The van der Waals surface area contributed by atoms with Gasteiger partial charge >= 0.3 is 0 Å². The number of hydrogen-bond donors (Lipinski definition) is 1. The highest BCUT2D eigenvalue weighted by Crippen LogP contribution is 2.17. The molecule has 0 aliphatic carbocycles. The van der Waals surface area contributed by atoms with E-state index < -0.39 is 10.0 Å². The van der Waals surface area contributed by atoms with Gasteiger partial charge < -0.3 is 4.74 Å². The highest BCUT2D eigenvalue weighted by molar-refractivity contribution is 7.92. The molecule has 5 nitrogen and oxygen atoms in total. The van der Waals surface area contributed by atoms with Gasteiger partial charge in [-0.05, 0) is 17.2 Å². The molecule has 1 aliphatic rings. The van der Waals surface area contributed by atoms with Crippen LogP contribution in [0.1, 0.15) is 17.2 Å². The molecule has 1 atom stereocenters. The van der Waals surface area contributed by atoms with E-state index >= 15 is 0 Å². The molecule has 0 amide bonds. The third-order valence-electron chi connectivity index (χ3n) is 4.29. The molecule has 1 aliphatic heterocycles. The molecule has 2 aromatic rings. The third kappa shape index (κ3) is 5.78. The summed E-state index contributed by atoms with van der Waals surface area (Å²) in [5.41, 5.74) is 1.80. The number of morpholine rings is 1. The Labute approximate surface area is 155 Å². The van der Waals surface area contributed by atoms with Crippen LogP contribution in [0.15, 0.2) is 66.1 Å². The van der Waals surface area contributed by atoms with Gasteiger partial charge in [0.2, 0.25) is 10.0 Å². The van der Waals surface area contributed by atoms with Gasteiger partial charge in [0.1, 0.15) is 0 Å². The summed E-state index contributed by atoms with van der Waals surface area (Å²) in [5.74, 6) is 0. The highest BCUT2D eigenvalue weighted by Gasteiger charge is 2.21. The number of hydrogen-bond acceptors (Lipinski definition) is 4. The lowest BCUT2D eigenvalue weighted by atomic mass is 10.1. The maximum atomic E-state index is 12.6. The monoisotopic (exact) mass is 372 g/mol. The van der Waals surface area contributed by atoms with Gasteiger partial charge in [-0.2, -0.15) is 0 Å². The quantitative estimate of drug-likeness (QED) is 0.812. The predicted octanol–water partition coefficient (Wildman–Crippen LogP) is 2.65. The first-order chi connectivity index (χ1) is 12.6. The number of rotatable bonds is 7. The molecule has 2 aromatic carbocycles. The summed E-state index contributed by atoms with van der Waals surface area (Å²) in [6.07, 6.45) is 1.61. The van der Waals surface area contributed by atoms with Crippen molar-refractivity contribution in [2.45, 2.75) is 6.04 Å². The maximum absolute atomic E-state index is 12.6. The Morgan fingerprint density at radius 1 is 1.00 bits per heavy atom. The number of ether oxygens (including phenoxy) is 1. The Balaban J connectivity index is 1.74. The molecular formula is C20H24N2O3S. The Kier molecular flexibility index (Phi) is 6.57. The van der Waals surface area contributed by atoms with Crippen LogP contribution in [-0.2, 0) is 14.8 Å². The van der Waals surface area contributed by atoms with E-state index in [4.69, 9.17) is 4.74 Å². The second-order valence-corrected chi connectivity index (χ2v) is 7.85. The molecule has 0 aromatic heterocycles. The van der Waals surface area contributed by atoms with Crippen LogP contribution in [0.25, 0.3) is 6.08 Å². The molecule has 0 radical (unpaired) electrons. The first-order valence-electron chi connectivity index (χ1n) is 8.73. The average Bonchev–Trinajstić information content (AvgIpc) is 2.68. The van der Waals surface area contributed by atoms with Crippen LogP contribution in [0, 0.1) is 0 Å². The summed E-state index contributed by atoms with van der Waals surface area (Å²) < 4.78 is 33.4. The van der Waals surface area contributed by atoms with E-state index in [-0.39, 0.29) is 6.04 Å². The van der Waals surface area contributed by atoms with Crippen molar-refractivity contribution < 1.29 is 13.2 Å². The standard InChI is InChI=1S/C20H24N2O3S/c23-26(24,16-11-18-7-3-1-4-8-18)21-20(19-9-5-2-6-10-19)17-22-12-14-25-15-13-22/h1-11,16,20-21H,12-15,17H2/b16-11+/t20-/m0/s1. The smallest absolute Gasteiger partial charge is 0.234 e. The first kappa shape index (κ1) is 18.8. The molecule has 0 spiro atoms. The zero-order valence-corrected chi connectivity index (χ0v) is 15.4. The molecule has 0 unspecified atom stereocenters. The average molecular weight is 372 g/mol. The Morgan fingerprint density at radius 3 is 2.27 bits per heavy atom. The van der Waals surface area contributed by atoms with Gasteiger partial charge in [0.25, 0.3) is 0 Å². The van der Waals surface area contributed by atoms with E-state index in [1.54, 1.807) is 6.08 Å². The summed E-state index contributed by atoms with van der Waals surface area (Å²) in [6.45, 7) is 3.60. The van der Waals surface area contributed by atoms with E-state index in [0.29, 0.717) is 19.8 Å². The third-order valence-corrected chi connectivity index (χ3v) is 5.40. The van der Waals surface area contributed by atoms with Crippen molar-refractivity contribution in [2.24, 2.45) is 0 Å². The van der Waals surface area contributed by atoms with E-state index in [9.17, 15) is 8.42 Å². The van der Waals surface area contributed by atoms with Gasteiger partial charge in [0.05, 0.1) is 19.3 Å². The van der Waals surface area contributed by atoms with Crippen LogP contribution in [0.5, 0.6) is 0 Å². The van der Waals surface area contributed by atoms with Gasteiger partial charge in [0.15, 0.2) is 0 Å². The molecule has 1 saturated heterocycles. The zero-order chi connectivity index (χ0) is 18.2. The zero-order valence-electron chi connectivity index (χ0n) is 14.6. The molecular weight excluding hydrogens is 348 g/mol. The summed E-state index contributed by atoms with van der Waals surface area (Å²) >= 11 is 0. The molecule has 0 bridgehead atoms. The summed E-state index contributed by atoms with van der Waals surface area (Å²) in [7, 11) is -3.57. The van der Waals surface area contributed by atoms with Crippen LogP contribution in [0.2, 0.25) is 0 Å². The molecule has 1 N–H and O–H groups in total. The fourth-order valence-electron chi connectivity index (χ4n) is 2.91. The van der Waals surface area contributed by atoms with E-state index in [1.807, 2.05) is 60.7 Å². The lowest BCUT2D eigenvalue weighted by Gasteiger charge is -2.30. The molecule has 1 heterocycles. The Morgan fingerprint density at radius 2 is 1.62 bits per heavy atom. The molecule has 138 valence electrons. The van der Waals surface area contributed by atoms with Crippen LogP contribution in [-0.4, -0.2) is 46.2 Å². The van der Waals surface area contributed by atoms with Crippen molar-refractivity contribution >= 4 is 16.1 Å². The SMILES string of the molecule is O=S(=O)(/C=C/c1ccccc1)N[C@@H](CN1CCOCC1)c1ccccc1. The van der Waals surface area contributed by atoms with Crippen molar-refractivity contribution in [3.8, 4) is 0 Å². The van der Waals surface area contributed by atoms with E-state index in [2.05, 4.69) is 9.62 Å². The second-order valence-electron chi connectivity index (χ2n) is 6.25. The van der Waals surface area contributed by atoms with Gasteiger partial charge in [0, 0.05) is 25.0 Å². The number of sulfonamides is 1. The van der Waals surface area contributed by atoms with Crippen molar-refractivity contribution in [1.82, 2.24) is 9.62 Å². The van der Waals surface area contributed by atoms with Gasteiger partial charge in [-0.1, -0.05) is 60.7 Å². The second kappa shape index (κ2) is 9.09. The van der Waals surface area contributed by atoms with Crippen LogP contribution in [0.4, 0.5) is 0 Å². The summed E-state index contributed by atoms with van der Waals surface area (Å²) in [5, 5.41) is 1.23. The van der Waals surface area contributed by atoms with E-state index in [1.165, 1.54) is 5.41 Å². The number of benzene rings is 2. The molecule has 6 heteroatoms. The minimum absolute atomic E-state index is 0.306. The van der Waals surface area contributed by atoms with Gasteiger partial charge in [-0.25, -0.2) is 13.1 Å². The van der Waals surface area contributed by atoms with Crippen LogP contribution in [0.3, 0.4) is 0 Å². The van der Waals surface area contributed by atoms with Crippen LogP contribution >= 0.6 is 0 Å². The van der Waals surface area contributed by atoms with Crippen molar-refractivity contribution in [3.05, 3.63) is 77.2 Å².